The van der Waals surface area contributed by atoms with Crippen molar-refractivity contribution in [3.05, 3.63) is 24.3 Å². The summed E-state index contributed by atoms with van der Waals surface area (Å²) in [6, 6.07) is 0. The number of allylic oxidation sites excluding steroid dienone is 2. The monoisotopic (exact) mass is 141 g/mol. The summed E-state index contributed by atoms with van der Waals surface area (Å²) in [4.78, 5) is 0. The van der Waals surface area contributed by atoms with Gasteiger partial charge in [0.05, 0.1) is 6.26 Å². The lowest BCUT2D eigenvalue weighted by atomic mass is 10.1. The Hall–Kier alpha value is -0.920. The van der Waals surface area contributed by atoms with E-state index in [-0.39, 0.29) is 0 Å². The molecule has 0 atom stereocenters. The van der Waals surface area contributed by atoms with E-state index in [9.17, 15) is 0 Å². The topological polar surface area (TPSA) is 35.2 Å². The molecule has 0 radical (unpaired) electrons. The Morgan fingerprint density at radius 3 is 2.20 bits per heavy atom. The minimum Gasteiger partial charge on any atom is -0.468 e. The van der Waals surface area contributed by atoms with Gasteiger partial charge in [0.2, 0.25) is 0 Å². The Labute approximate surface area is 62.4 Å². The molecule has 0 saturated heterocycles. The maximum Gasteiger partial charge on any atom is 0.124 e. The van der Waals surface area contributed by atoms with Gasteiger partial charge in [-0.05, 0) is 6.92 Å². The van der Waals surface area contributed by atoms with E-state index in [1.807, 2.05) is 20.8 Å². The van der Waals surface area contributed by atoms with Gasteiger partial charge in [-0.2, -0.15) is 0 Å². The largest absolute Gasteiger partial charge is 0.468 e. The molecule has 2 nitrogen and oxygen atoms in total. The molecule has 0 aromatic heterocycles. The highest BCUT2D eigenvalue weighted by Gasteiger charge is 2.04. The van der Waals surface area contributed by atoms with Crippen LogP contribution >= 0.6 is 0 Å². The summed E-state index contributed by atoms with van der Waals surface area (Å²) in [6.45, 7) is 9.32. The molecule has 0 aliphatic carbocycles. The summed E-state index contributed by atoms with van der Waals surface area (Å²) in [7, 11) is 0. The normalized spacial score (nSPS) is 12.8. The van der Waals surface area contributed by atoms with Gasteiger partial charge in [-0.3, -0.25) is 0 Å². The lowest BCUT2D eigenvalue weighted by molar-refractivity contribution is 0.299. The van der Waals surface area contributed by atoms with Crippen molar-refractivity contribution >= 4 is 0 Å². The lowest BCUT2D eigenvalue weighted by Gasteiger charge is -2.10. The number of hydrogen-bond donors (Lipinski definition) is 1. The molecule has 2 heteroatoms. The quantitative estimate of drug-likeness (QED) is 0.610. The van der Waals surface area contributed by atoms with Gasteiger partial charge in [-0.25, -0.2) is 0 Å². The minimum absolute atomic E-state index is 0.322. The first kappa shape index (κ1) is 9.08. The van der Waals surface area contributed by atoms with Gasteiger partial charge in [0.15, 0.2) is 0 Å². The third kappa shape index (κ3) is 2.58. The van der Waals surface area contributed by atoms with Crippen molar-refractivity contribution in [2.45, 2.75) is 20.8 Å². The molecule has 0 aliphatic rings. The van der Waals surface area contributed by atoms with Gasteiger partial charge in [0.1, 0.15) is 5.76 Å². The standard InChI is InChI=1S/C8H15NO/c1-5-10-8(6(2)3)7(4)9/h5-6H,1,9H2,2-4H3/b8-7-. The lowest BCUT2D eigenvalue weighted by Crippen LogP contribution is -2.05. The smallest absolute Gasteiger partial charge is 0.124 e. The summed E-state index contributed by atoms with van der Waals surface area (Å²) in [5.74, 6) is 1.12. The highest BCUT2D eigenvalue weighted by molar-refractivity contribution is 5.04. The Kier molecular flexibility index (Phi) is 3.62. The zero-order valence-electron chi connectivity index (χ0n) is 6.85. The maximum absolute atomic E-state index is 5.53. The van der Waals surface area contributed by atoms with Crippen molar-refractivity contribution in [2.24, 2.45) is 11.7 Å². The van der Waals surface area contributed by atoms with Crippen LogP contribution in [-0.4, -0.2) is 0 Å². The molecule has 0 rings (SSSR count). The first-order valence-electron chi connectivity index (χ1n) is 3.33. The number of rotatable bonds is 3. The molecule has 0 bridgehead atoms. The van der Waals surface area contributed by atoms with Crippen molar-refractivity contribution < 1.29 is 4.74 Å². The van der Waals surface area contributed by atoms with Crippen molar-refractivity contribution in [3.63, 3.8) is 0 Å². The number of hydrogen-bond acceptors (Lipinski definition) is 2. The number of ether oxygens (including phenoxy) is 1. The van der Waals surface area contributed by atoms with E-state index in [1.54, 1.807) is 0 Å². The fraction of sp³-hybridized carbons (Fsp3) is 0.500. The van der Waals surface area contributed by atoms with Gasteiger partial charge in [0.25, 0.3) is 0 Å². The van der Waals surface area contributed by atoms with Crippen LogP contribution < -0.4 is 5.73 Å². The Bertz CT molecular complexity index is 143. The molecule has 0 saturated carbocycles. The van der Waals surface area contributed by atoms with E-state index in [2.05, 4.69) is 6.58 Å². The van der Waals surface area contributed by atoms with Crippen LogP contribution in [0.25, 0.3) is 0 Å². The van der Waals surface area contributed by atoms with Crippen LogP contribution in [0.5, 0.6) is 0 Å². The average molecular weight is 141 g/mol. The second kappa shape index (κ2) is 3.99. The third-order valence-electron chi connectivity index (χ3n) is 1.12. The predicted molar refractivity (Wildman–Crippen MR) is 43.0 cm³/mol. The zero-order chi connectivity index (χ0) is 8.15. The first-order valence-corrected chi connectivity index (χ1v) is 3.33. The SMILES string of the molecule is C=CO/C(=C(/C)N)C(C)C. The highest BCUT2D eigenvalue weighted by Crippen LogP contribution is 2.12. The van der Waals surface area contributed by atoms with Gasteiger partial charge < -0.3 is 10.5 Å². The third-order valence-corrected chi connectivity index (χ3v) is 1.12. The second-order valence-corrected chi connectivity index (χ2v) is 2.49. The van der Waals surface area contributed by atoms with E-state index in [0.717, 1.165) is 11.5 Å². The van der Waals surface area contributed by atoms with Gasteiger partial charge >= 0.3 is 0 Å². The van der Waals surface area contributed by atoms with Crippen molar-refractivity contribution in [1.29, 1.82) is 0 Å². The predicted octanol–water partition coefficient (Wildman–Crippen LogP) is 1.99. The van der Waals surface area contributed by atoms with E-state index >= 15 is 0 Å². The van der Waals surface area contributed by atoms with Crippen LogP contribution in [0.3, 0.4) is 0 Å². The van der Waals surface area contributed by atoms with Gasteiger partial charge in [0, 0.05) is 11.6 Å². The van der Waals surface area contributed by atoms with Crippen molar-refractivity contribution in [2.75, 3.05) is 0 Å². The molecule has 0 unspecified atom stereocenters. The average Bonchev–Trinajstić information content (AvgIpc) is 1.81. The molecule has 0 fully saturated rings. The molecule has 0 spiro atoms. The van der Waals surface area contributed by atoms with Crippen LogP contribution in [0.15, 0.2) is 24.3 Å². The molecule has 58 valence electrons. The molecule has 0 aliphatic heterocycles. The molecule has 2 N–H and O–H groups in total. The Morgan fingerprint density at radius 2 is 2.10 bits per heavy atom. The fourth-order valence-corrected chi connectivity index (χ4v) is 0.774. The van der Waals surface area contributed by atoms with Gasteiger partial charge in [-0.15, -0.1) is 0 Å². The number of nitrogens with two attached hydrogens (primary N) is 1. The molecular weight excluding hydrogens is 126 g/mol. The molecule has 0 heterocycles. The first-order chi connectivity index (χ1) is 4.59. The van der Waals surface area contributed by atoms with Crippen LogP contribution in [0.1, 0.15) is 20.8 Å². The zero-order valence-corrected chi connectivity index (χ0v) is 6.85. The molecule has 10 heavy (non-hydrogen) atoms. The van der Waals surface area contributed by atoms with Crippen LogP contribution in [0, 0.1) is 5.92 Å². The summed E-state index contributed by atoms with van der Waals surface area (Å²) in [5.41, 5.74) is 6.25. The maximum atomic E-state index is 5.53. The molecule has 0 aromatic carbocycles. The molecule has 0 amide bonds. The van der Waals surface area contributed by atoms with Gasteiger partial charge in [-0.1, -0.05) is 20.4 Å². The van der Waals surface area contributed by atoms with E-state index in [0.29, 0.717) is 5.92 Å². The highest BCUT2D eigenvalue weighted by atomic mass is 16.5. The van der Waals surface area contributed by atoms with Crippen LogP contribution in [0.4, 0.5) is 0 Å². The Morgan fingerprint density at radius 1 is 1.60 bits per heavy atom. The summed E-state index contributed by atoms with van der Waals surface area (Å²) in [6.07, 6.45) is 1.39. The Balaban J connectivity index is 4.27. The van der Waals surface area contributed by atoms with Crippen molar-refractivity contribution in [1.82, 2.24) is 0 Å². The summed E-state index contributed by atoms with van der Waals surface area (Å²) >= 11 is 0. The van der Waals surface area contributed by atoms with E-state index in [1.165, 1.54) is 6.26 Å². The van der Waals surface area contributed by atoms with E-state index < -0.39 is 0 Å². The minimum atomic E-state index is 0.322. The summed E-state index contributed by atoms with van der Waals surface area (Å²) < 4.78 is 5.08. The fourth-order valence-electron chi connectivity index (χ4n) is 0.774. The van der Waals surface area contributed by atoms with Crippen LogP contribution in [-0.2, 0) is 4.74 Å². The molecular formula is C8H15NO. The van der Waals surface area contributed by atoms with Crippen LogP contribution in [0.2, 0.25) is 0 Å². The van der Waals surface area contributed by atoms with Crippen molar-refractivity contribution in [3.8, 4) is 0 Å². The van der Waals surface area contributed by atoms with E-state index in [4.69, 9.17) is 10.5 Å². The summed E-state index contributed by atoms with van der Waals surface area (Å²) in [5, 5.41) is 0. The second-order valence-electron chi connectivity index (χ2n) is 2.49. The molecule has 0 aromatic rings.